The predicted octanol–water partition coefficient (Wildman–Crippen LogP) is 6.05. The van der Waals surface area contributed by atoms with Gasteiger partial charge in [0.15, 0.2) is 0 Å². The van der Waals surface area contributed by atoms with Crippen LogP contribution in [0.15, 0.2) is 140 Å². The monoisotopic (exact) mass is 661 g/mol. The van der Waals surface area contributed by atoms with Crippen LogP contribution in [-0.4, -0.2) is 51.3 Å². The minimum absolute atomic E-state index is 0.250. The number of hydrogen-bond acceptors (Lipinski definition) is 11. The molecule has 0 aliphatic heterocycles. The number of nitrogens with zero attached hydrogens (tertiary/aromatic N) is 8. The van der Waals surface area contributed by atoms with Crippen LogP contribution in [0, 0.1) is 0 Å². The average molecular weight is 662 g/mol. The molecule has 0 radical (unpaired) electrons. The van der Waals surface area contributed by atoms with E-state index in [9.17, 15) is 4.79 Å². The molecule has 0 spiro atoms. The van der Waals surface area contributed by atoms with Crippen LogP contribution in [0.4, 0.5) is 29.0 Å². The largest absolute Gasteiger partial charge is 0.373 e. The zero-order chi connectivity index (χ0) is 34.5. The third kappa shape index (κ3) is 7.86. The van der Waals surface area contributed by atoms with Crippen LogP contribution in [0.3, 0.4) is 0 Å². The van der Waals surface area contributed by atoms with E-state index in [0.29, 0.717) is 24.0 Å². The highest BCUT2D eigenvalue weighted by atomic mass is 16.2. The minimum atomic E-state index is 0.250. The number of fused-ring (bicyclic) bond motifs is 2. The Bertz CT molecular complexity index is 2390. The summed E-state index contributed by atoms with van der Waals surface area (Å²) >= 11 is 0. The first-order valence-electron chi connectivity index (χ1n) is 15.0. The number of carbonyl (C=O) groups excluding carboxylic acids is 3. The van der Waals surface area contributed by atoms with E-state index in [1.807, 2.05) is 118 Å². The van der Waals surface area contributed by atoms with Crippen LogP contribution in [-0.2, 0) is 14.4 Å². The molecule has 0 saturated carbocycles. The van der Waals surface area contributed by atoms with Crippen LogP contribution in [0.25, 0.3) is 34.1 Å². The lowest BCUT2D eigenvalue weighted by molar-refractivity contribution is -0.191. The van der Waals surface area contributed by atoms with E-state index in [1.165, 1.54) is 0 Å². The Morgan fingerprint density at radius 2 is 1.06 bits per heavy atom. The lowest BCUT2D eigenvalue weighted by Gasteiger charge is -2.08. The summed E-state index contributed by atoms with van der Waals surface area (Å²) in [5.74, 6) is 1.03. The van der Waals surface area contributed by atoms with Crippen molar-refractivity contribution in [3.63, 3.8) is 0 Å². The molecule has 14 nitrogen and oxygen atoms in total. The molecule has 0 aliphatic carbocycles. The first kappa shape index (κ1) is 32.4. The van der Waals surface area contributed by atoms with Gasteiger partial charge in [-0.25, -0.2) is 29.9 Å². The number of aromatic nitrogens is 8. The van der Waals surface area contributed by atoms with Crippen molar-refractivity contribution in [3.8, 4) is 22.8 Å². The van der Waals surface area contributed by atoms with E-state index in [0.717, 1.165) is 45.4 Å². The highest BCUT2D eigenvalue weighted by Crippen LogP contribution is 2.23. The van der Waals surface area contributed by atoms with E-state index in [2.05, 4.69) is 45.9 Å². The van der Waals surface area contributed by atoms with Gasteiger partial charge >= 0.3 is 6.15 Å². The highest BCUT2D eigenvalue weighted by Gasteiger charge is 2.10. The summed E-state index contributed by atoms with van der Waals surface area (Å²) in [6, 6.07) is 32.6. The van der Waals surface area contributed by atoms with Crippen molar-refractivity contribution in [2.24, 2.45) is 0 Å². The highest BCUT2D eigenvalue weighted by molar-refractivity contribution is 5.74. The van der Waals surface area contributed by atoms with Gasteiger partial charge in [-0.15, -0.1) is 0 Å². The van der Waals surface area contributed by atoms with Gasteiger partial charge in [0.25, 0.3) is 0 Å². The Kier molecular flexibility index (Phi) is 10.2. The Hall–Kier alpha value is -7.57. The smallest absolute Gasteiger partial charge is 0.329 e. The number of para-hydroxylation sites is 1. The van der Waals surface area contributed by atoms with Crippen LogP contribution >= 0.6 is 0 Å². The van der Waals surface area contributed by atoms with Gasteiger partial charge in [-0.1, -0.05) is 36.4 Å². The summed E-state index contributed by atoms with van der Waals surface area (Å²) in [7, 11) is 0. The van der Waals surface area contributed by atoms with Crippen molar-refractivity contribution in [1.82, 2.24) is 38.7 Å². The Morgan fingerprint density at radius 3 is 1.62 bits per heavy atom. The maximum absolute atomic E-state index is 10.6. The summed E-state index contributed by atoms with van der Waals surface area (Å²) in [5, 5.41) is 8.96. The number of carbonyl (C=O) groups is 1. The van der Waals surface area contributed by atoms with E-state index >= 15 is 0 Å². The van der Waals surface area contributed by atoms with Crippen LogP contribution in [0.5, 0.6) is 0 Å². The number of hydrogen-bond donors (Lipinski definition) is 3. The SMILES string of the molecule is O=C=O.O=CNc1cccc(Nc2nccc(-c3cnc4ccccn34)n2)c1.c1ccc(Nc2nccc(-c3cnc4ccccn34)n2)cc1. The lowest BCUT2D eigenvalue weighted by atomic mass is 10.3. The zero-order valence-corrected chi connectivity index (χ0v) is 26.2. The molecule has 0 bridgehead atoms. The van der Waals surface area contributed by atoms with Crippen molar-refractivity contribution in [2.75, 3.05) is 16.0 Å². The van der Waals surface area contributed by atoms with Gasteiger partial charge in [-0.3, -0.25) is 13.6 Å². The molecular formula is C36H27N11O3. The fourth-order valence-electron chi connectivity index (χ4n) is 4.90. The number of benzene rings is 2. The van der Waals surface area contributed by atoms with Gasteiger partial charge in [0.05, 0.1) is 35.2 Å². The molecule has 0 atom stereocenters. The standard InChI is InChI=1S/C18H14N6O.C17H13N5.CO2/c25-12-21-13-4-3-5-14(10-13)22-18-19-8-7-15(23-18)16-11-20-17-6-1-2-9-24(16)17;1-2-6-13(7-3-1)20-17-18-10-9-14(21-17)15-12-19-16-8-4-5-11-22(15)16;2-1-3/h1-12H,(H,21,25)(H,19,22,23);1-12H,(H,18,20,21);. The first-order valence-corrected chi connectivity index (χ1v) is 15.0. The predicted molar refractivity (Wildman–Crippen MR) is 187 cm³/mol. The minimum Gasteiger partial charge on any atom is -0.329 e. The van der Waals surface area contributed by atoms with Crippen molar-refractivity contribution in [3.05, 3.63) is 140 Å². The Morgan fingerprint density at radius 1 is 0.560 bits per heavy atom. The molecular weight excluding hydrogens is 634 g/mol. The molecule has 6 aromatic heterocycles. The van der Waals surface area contributed by atoms with Crippen LogP contribution < -0.4 is 16.0 Å². The van der Waals surface area contributed by atoms with Crippen molar-refractivity contribution in [2.45, 2.75) is 0 Å². The second kappa shape index (κ2) is 15.8. The lowest BCUT2D eigenvalue weighted by Crippen LogP contribution is -2.00. The third-order valence-electron chi connectivity index (χ3n) is 7.04. The Labute approximate surface area is 284 Å². The van der Waals surface area contributed by atoms with Crippen molar-refractivity contribution in [1.29, 1.82) is 0 Å². The normalized spacial score (nSPS) is 10.2. The van der Waals surface area contributed by atoms with E-state index in [4.69, 9.17) is 9.59 Å². The summed E-state index contributed by atoms with van der Waals surface area (Å²) in [6.07, 6.45) is 11.9. The molecule has 0 fully saturated rings. The molecule has 244 valence electrons. The van der Waals surface area contributed by atoms with E-state index in [1.54, 1.807) is 30.7 Å². The van der Waals surface area contributed by atoms with E-state index in [-0.39, 0.29) is 6.15 Å². The molecule has 0 saturated heterocycles. The molecule has 50 heavy (non-hydrogen) atoms. The topological polar surface area (TPSA) is 173 Å². The maximum atomic E-state index is 10.6. The van der Waals surface area contributed by atoms with Crippen molar-refractivity contribution < 1.29 is 14.4 Å². The third-order valence-corrected chi connectivity index (χ3v) is 7.04. The second-order valence-corrected chi connectivity index (χ2v) is 10.2. The Balaban J connectivity index is 0.000000161. The van der Waals surface area contributed by atoms with Gasteiger partial charge in [0.2, 0.25) is 18.3 Å². The molecule has 3 N–H and O–H groups in total. The quantitative estimate of drug-likeness (QED) is 0.162. The van der Waals surface area contributed by atoms with E-state index < -0.39 is 0 Å². The molecule has 8 aromatic rings. The molecule has 6 heterocycles. The average Bonchev–Trinajstić information content (AvgIpc) is 3.79. The number of rotatable bonds is 8. The van der Waals surface area contributed by atoms with Gasteiger partial charge in [0.1, 0.15) is 11.3 Å². The van der Waals surface area contributed by atoms with Crippen LogP contribution in [0.2, 0.25) is 0 Å². The summed E-state index contributed by atoms with van der Waals surface area (Å²) in [6.45, 7) is 0. The first-order chi connectivity index (χ1) is 24.6. The number of imidazole rings is 2. The summed E-state index contributed by atoms with van der Waals surface area (Å²) in [5.41, 5.74) is 7.60. The molecule has 1 amide bonds. The number of pyridine rings is 2. The summed E-state index contributed by atoms with van der Waals surface area (Å²) in [4.78, 5) is 53.3. The fraction of sp³-hybridized carbons (Fsp3) is 0. The zero-order valence-electron chi connectivity index (χ0n) is 26.2. The molecule has 2 aromatic carbocycles. The molecule has 14 heteroatoms. The van der Waals surface area contributed by atoms with Gasteiger partial charge in [0, 0.05) is 41.8 Å². The number of anilines is 5. The second-order valence-electron chi connectivity index (χ2n) is 10.2. The number of nitrogens with one attached hydrogen (secondary N) is 3. The molecule has 0 aliphatic rings. The summed E-state index contributed by atoms with van der Waals surface area (Å²) < 4.78 is 3.98. The van der Waals surface area contributed by atoms with Crippen LogP contribution in [0.1, 0.15) is 0 Å². The van der Waals surface area contributed by atoms with Gasteiger partial charge in [-0.2, -0.15) is 9.59 Å². The fourth-order valence-corrected chi connectivity index (χ4v) is 4.90. The maximum Gasteiger partial charge on any atom is 0.373 e. The number of amides is 1. The van der Waals surface area contributed by atoms with Crippen molar-refractivity contribution >= 4 is 52.8 Å². The molecule has 0 unspecified atom stereocenters. The van der Waals surface area contributed by atoms with Gasteiger partial charge in [-0.05, 0) is 66.7 Å². The molecule has 8 rings (SSSR count). The van der Waals surface area contributed by atoms with Gasteiger partial charge < -0.3 is 16.0 Å².